The predicted octanol–water partition coefficient (Wildman–Crippen LogP) is 2.64. The van der Waals surface area contributed by atoms with Gasteiger partial charge in [-0.3, -0.25) is 14.6 Å². The van der Waals surface area contributed by atoms with E-state index in [2.05, 4.69) is 4.98 Å². The zero-order valence-corrected chi connectivity index (χ0v) is 27.1. The van der Waals surface area contributed by atoms with Crippen LogP contribution in [0.4, 0.5) is 11.4 Å². The van der Waals surface area contributed by atoms with Gasteiger partial charge in [0.05, 0.1) is 17.5 Å². The minimum Gasteiger partial charge on any atom is -0.506 e. The summed E-state index contributed by atoms with van der Waals surface area (Å²) in [7, 11) is -6.31. The van der Waals surface area contributed by atoms with Gasteiger partial charge in [-0.25, -0.2) is 18.1 Å². The van der Waals surface area contributed by atoms with Crippen LogP contribution in [-0.2, 0) is 41.2 Å². The number of nitrogens with one attached hydrogen (secondary N) is 2. The van der Waals surface area contributed by atoms with E-state index in [0.717, 1.165) is 19.7 Å². The van der Waals surface area contributed by atoms with Crippen molar-refractivity contribution in [2.45, 2.75) is 12.5 Å². The number of aromatic nitrogens is 1. The maximum Gasteiger partial charge on any atom is 0.326 e. The van der Waals surface area contributed by atoms with E-state index in [1.54, 1.807) is 37.7 Å². The number of pyridine rings is 1. The molecule has 6 rings (SSSR count). The van der Waals surface area contributed by atoms with Crippen LogP contribution < -0.4 is 18.1 Å². The van der Waals surface area contributed by atoms with Gasteiger partial charge in [-0.15, -0.1) is 0 Å². The van der Waals surface area contributed by atoms with Gasteiger partial charge in [-0.1, -0.05) is 60.7 Å². The maximum absolute atomic E-state index is 11.9. The fourth-order valence-corrected chi connectivity index (χ4v) is 7.29. The first kappa shape index (κ1) is 33.9. The first-order valence-electron chi connectivity index (χ1n) is 14.3. The van der Waals surface area contributed by atoms with Crippen molar-refractivity contribution >= 4 is 55.8 Å². The number of rotatable bonds is 8. The van der Waals surface area contributed by atoms with E-state index >= 15 is 0 Å². The van der Waals surface area contributed by atoms with Gasteiger partial charge < -0.3 is 14.9 Å². The van der Waals surface area contributed by atoms with E-state index in [1.807, 2.05) is 58.0 Å². The van der Waals surface area contributed by atoms with Crippen LogP contribution in [0.15, 0.2) is 91.3 Å². The van der Waals surface area contributed by atoms with Gasteiger partial charge >= 0.3 is 20.4 Å². The number of methoxy groups -OCH3 is 1. The van der Waals surface area contributed by atoms with Crippen molar-refractivity contribution in [3.8, 4) is 11.5 Å². The Morgan fingerprint density at radius 1 is 0.792 bits per heavy atom. The Balaban J connectivity index is 0.000000188. The number of benzene rings is 3. The highest BCUT2D eigenvalue weighted by Crippen LogP contribution is 2.35. The number of ether oxygens (including phenoxy) is 1. The van der Waals surface area contributed by atoms with E-state index < -0.39 is 32.2 Å². The molecule has 1 aromatic heterocycles. The molecule has 1 atom stereocenters. The zero-order valence-electron chi connectivity index (χ0n) is 25.4. The number of amides is 2. The molecule has 16 heteroatoms. The number of phenols is 2. The Kier molecular flexibility index (Phi) is 9.98. The van der Waals surface area contributed by atoms with Gasteiger partial charge in [-0.2, -0.15) is 16.8 Å². The highest BCUT2D eigenvalue weighted by molar-refractivity contribution is 7.92. The Hall–Kier alpha value is -5.45. The summed E-state index contributed by atoms with van der Waals surface area (Å²) in [4.78, 5) is 26.6. The summed E-state index contributed by atoms with van der Waals surface area (Å²) >= 11 is 0. The second-order valence-electron chi connectivity index (χ2n) is 10.6. The molecule has 48 heavy (non-hydrogen) atoms. The molecule has 4 N–H and O–H groups in total. The fourth-order valence-electron chi connectivity index (χ4n) is 4.96. The standard InChI is InChI=1S/C17H18N2O5S.C15H13N3O4S/c1-24-16(9-12-5-3-2-4-6-12)13-7-8-14(15(20)10-13)19-11-17(21)18-25(19,22)23;19-14-8-11(3-4-12-2-1-7-16-9-12)5-6-13(14)18-10-15(20)17-23(18,21)22/h2-8,10,16,20H,9,11H2,1H3,(H,18,21);1-9,19H,10H2,(H,17,20)/b;4-3+. The van der Waals surface area contributed by atoms with Gasteiger partial charge in [0.2, 0.25) is 0 Å². The SMILES string of the molecule is COC(Cc1ccccc1)c1ccc(N2CC(=O)NS2(=O)=O)c(O)c1.O=C1CN(c2ccc(/C=C/c3cccnc3)cc2O)S(=O)(=O)N1. The molecular weight excluding hydrogens is 663 g/mol. The van der Waals surface area contributed by atoms with Gasteiger partial charge in [0.1, 0.15) is 24.6 Å². The molecule has 2 amide bonds. The average molecular weight is 694 g/mol. The monoisotopic (exact) mass is 693 g/mol. The summed E-state index contributed by atoms with van der Waals surface area (Å²) in [6, 6.07) is 22.6. The fraction of sp³-hybridized carbons (Fsp3) is 0.156. The molecule has 0 saturated carbocycles. The van der Waals surface area contributed by atoms with Crippen LogP contribution in [0.5, 0.6) is 11.5 Å². The molecule has 2 fully saturated rings. The summed E-state index contributed by atoms with van der Waals surface area (Å²) in [5.41, 5.74) is 3.48. The van der Waals surface area contributed by atoms with E-state index in [-0.39, 0.29) is 42.1 Å². The van der Waals surface area contributed by atoms with Crippen LogP contribution in [0.3, 0.4) is 0 Å². The summed E-state index contributed by atoms with van der Waals surface area (Å²) in [5, 5.41) is 20.4. The summed E-state index contributed by atoms with van der Waals surface area (Å²) in [6.07, 6.45) is 7.26. The Bertz CT molecular complexity index is 2060. The maximum atomic E-state index is 11.9. The molecule has 14 nitrogen and oxygen atoms in total. The first-order valence-corrected chi connectivity index (χ1v) is 17.2. The summed E-state index contributed by atoms with van der Waals surface area (Å²) in [6.45, 7) is -0.701. The van der Waals surface area contributed by atoms with Crippen molar-refractivity contribution in [1.29, 1.82) is 0 Å². The van der Waals surface area contributed by atoms with Crippen molar-refractivity contribution in [3.63, 3.8) is 0 Å². The summed E-state index contributed by atoms with van der Waals surface area (Å²) < 4.78 is 58.3. The molecule has 250 valence electrons. The number of aromatic hydroxyl groups is 2. The molecule has 4 aromatic rings. The zero-order chi connectivity index (χ0) is 34.5. The van der Waals surface area contributed by atoms with Crippen molar-refractivity contribution in [2.24, 2.45) is 0 Å². The number of anilines is 2. The molecule has 3 aromatic carbocycles. The van der Waals surface area contributed by atoms with Gasteiger partial charge in [0.25, 0.3) is 11.8 Å². The number of hydrogen-bond acceptors (Lipinski definition) is 10. The average Bonchev–Trinajstić information content (AvgIpc) is 3.49. The molecule has 1 unspecified atom stereocenters. The van der Waals surface area contributed by atoms with Gasteiger partial charge in [-0.05, 0) is 52.6 Å². The second kappa shape index (κ2) is 14.1. The van der Waals surface area contributed by atoms with E-state index in [0.29, 0.717) is 17.5 Å². The predicted molar refractivity (Wildman–Crippen MR) is 178 cm³/mol. The lowest BCUT2D eigenvalue weighted by molar-refractivity contribution is -0.118. The Morgan fingerprint density at radius 2 is 1.38 bits per heavy atom. The molecule has 2 saturated heterocycles. The number of carbonyl (C=O) groups excluding carboxylic acids is 2. The lowest BCUT2D eigenvalue weighted by atomic mass is 10.0. The molecular formula is C32H31N5O9S2. The van der Waals surface area contributed by atoms with Crippen molar-refractivity contribution in [3.05, 3.63) is 114 Å². The topological polar surface area (TPSA) is 196 Å². The molecule has 0 spiro atoms. The molecule has 2 aliphatic rings. The third-order valence-corrected chi connectivity index (χ3v) is 10.0. The normalized spacial score (nSPS) is 17.0. The summed E-state index contributed by atoms with van der Waals surface area (Å²) in [5.74, 6) is -1.72. The largest absolute Gasteiger partial charge is 0.506 e. The number of phenolic OH excluding ortho intramolecular Hbond substituents is 2. The van der Waals surface area contributed by atoms with Crippen LogP contribution in [0.25, 0.3) is 12.2 Å². The Labute approximate surface area is 277 Å². The molecule has 3 heterocycles. The van der Waals surface area contributed by atoms with Crippen molar-refractivity contribution in [2.75, 3.05) is 28.8 Å². The number of carbonyl (C=O) groups is 2. The van der Waals surface area contributed by atoms with Crippen LogP contribution >= 0.6 is 0 Å². The van der Waals surface area contributed by atoms with Crippen LogP contribution in [0.1, 0.15) is 28.4 Å². The highest BCUT2D eigenvalue weighted by atomic mass is 32.2. The smallest absolute Gasteiger partial charge is 0.326 e. The second-order valence-corrected chi connectivity index (χ2v) is 13.8. The van der Waals surface area contributed by atoms with Crippen molar-refractivity contribution in [1.82, 2.24) is 14.4 Å². The third kappa shape index (κ3) is 7.91. The third-order valence-electron chi connectivity index (χ3n) is 7.25. The van der Waals surface area contributed by atoms with E-state index in [9.17, 15) is 36.6 Å². The first-order chi connectivity index (χ1) is 22.9. The molecule has 0 aliphatic carbocycles. The molecule has 0 radical (unpaired) electrons. The quantitative estimate of drug-likeness (QED) is 0.213. The number of hydrogen-bond donors (Lipinski definition) is 4. The molecule has 0 bridgehead atoms. The lowest BCUT2D eigenvalue weighted by Crippen LogP contribution is -2.29. The minimum atomic E-state index is -3.96. The number of nitrogens with zero attached hydrogens (tertiary/aromatic N) is 3. The highest BCUT2D eigenvalue weighted by Gasteiger charge is 2.36. The van der Waals surface area contributed by atoms with Crippen LogP contribution in [0, 0.1) is 0 Å². The van der Waals surface area contributed by atoms with E-state index in [1.165, 1.54) is 24.3 Å². The van der Waals surface area contributed by atoms with Crippen LogP contribution in [0.2, 0.25) is 0 Å². The minimum absolute atomic E-state index is 0.0525. The van der Waals surface area contributed by atoms with E-state index in [4.69, 9.17) is 4.74 Å². The van der Waals surface area contributed by atoms with Gasteiger partial charge in [0, 0.05) is 25.9 Å². The van der Waals surface area contributed by atoms with Crippen molar-refractivity contribution < 1.29 is 41.4 Å². The Morgan fingerprint density at radius 3 is 1.88 bits per heavy atom. The van der Waals surface area contributed by atoms with Gasteiger partial charge in [0.15, 0.2) is 0 Å². The molecule has 2 aliphatic heterocycles. The lowest BCUT2D eigenvalue weighted by Gasteiger charge is -2.20. The van der Waals surface area contributed by atoms with Crippen LogP contribution in [-0.4, -0.2) is 64.0 Å².